The molecule has 1 amide bonds. The zero-order chi connectivity index (χ0) is 13.7. The van der Waals surface area contributed by atoms with Crippen molar-refractivity contribution < 1.29 is 19.1 Å². The van der Waals surface area contributed by atoms with Crippen LogP contribution in [0.25, 0.3) is 10.6 Å². The molecule has 0 bridgehead atoms. The molecule has 0 aromatic carbocycles. The van der Waals surface area contributed by atoms with Gasteiger partial charge in [-0.15, -0.1) is 11.3 Å². The molecule has 0 saturated carbocycles. The summed E-state index contributed by atoms with van der Waals surface area (Å²) in [6.07, 6.45) is 3.55. The first kappa shape index (κ1) is 13.3. The third-order valence-corrected chi connectivity index (χ3v) is 3.25. The van der Waals surface area contributed by atoms with Gasteiger partial charge in [-0.05, 0) is 12.5 Å². The molecule has 0 atom stereocenters. The van der Waals surface area contributed by atoms with Gasteiger partial charge in [-0.25, -0.2) is 4.98 Å². The van der Waals surface area contributed by atoms with Gasteiger partial charge in [0.05, 0.1) is 6.26 Å². The fraction of sp³-hybridized carbons (Fsp3) is 0.250. The molecule has 0 spiro atoms. The molecule has 0 fully saturated rings. The lowest BCUT2D eigenvalue weighted by Gasteiger charge is -2.00. The summed E-state index contributed by atoms with van der Waals surface area (Å²) in [6.45, 7) is 0.323. The minimum atomic E-state index is -0.870. The maximum atomic E-state index is 11.7. The number of carbonyl (C=O) groups excluding carboxylic acids is 1. The maximum absolute atomic E-state index is 11.7. The molecule has 0 saturated heterocycles. The first-order valence-electron chi connectivity index (χ1n) is 5.65. The average Bonchev–Trinajstić information content (AvgIpc) is 3.03. The Labute approximate surface area is 113 Å². The van der Waals surface area contributed by atoms with Gasteiger partial charge in [0.15, 0.2) is 0 Å². The fourth-order valence-electron chi connectivity index (χ4n) is 1.43. The van der Waals surface area contributed by atoms with Crippen LogP contribution in [-0.2, 0) is 4.79 Å². The minimum absolute atomic E-state index is 0.0393. The van der Waals surface area contributed by atoms with Crippen LogP contribution in [0.5, 0.6) is 0 Å². The molecule has 0 aliphatic rings. The number of carbonyl (C=O) groups is 2. The van der Waals surface area contributed by atoms with Gasteiger partial charge in [-0.3, -0.25) is 9.59 Å². The van der Waals surface area contributed by atoms with Crippen molar-refractivity contribution in [2.24, 2.45) is 0 Å². The first-order chi connectivity index (χ1) is 9.16. The van der Waals surface area contributed by atoms with Crippen LogP contribution in [0.3, 0.4) is 0 Å². The molecule has 19 heavy (non-hydrogen) atoms. The number of rotatable bonds is 6. The zero-order valence-electron chi connectivity index (χ0n) is 9.96. The molecule has 0 aliphatic heterocycles. The molecule has 2 rings (SSSR count). The molecule has 0 radical (unpaired) electrons. The smallest absolute Gasteiger partial charge is 0.303 e. The van der Waals surface area contributed by atoms with Gasteiger partial charge in [-0.1, -0.05) is 0 Å². The van der Waals surface area contributed by atoms with Crippen molar-refractivity contribution in [2.75, 3.05) is 6.54 Å². The Kier molecular flexibility index (Phi) is 4.30. The summed E-state index contributed by atoms with van der Waals surface area (Å²) in [6, 6.07) is 1.77. The van der Waals surface area contributed by atoms with Crippen molar-refractivity contribution in [1.29, 1.82) is 0 Å². The number of carboxylic acid groups (broad SMARTS) is 1. The van der Waals surface area contributed by atoms with Crippen LogP contribution < -0.4 is 5.32 Å². The fourth-order valence-corrected chi connectivity index (χ4v) is 2.22. The summed E-state index contributed by atoms with van der Waals surface area (Å²) in [4.78, 5) is 26.2. The van der Waals surface area contributed by atoms with E-state index >= 15 is 0 Å². The number of nitrogens with one attached hydrogen (secondary N) is 1. The number of nitrogens with zero attached hydrogens (tertiary/aromatic N) is 1. The Morgan fingerprint density at radius 2 is 2.32 bits per heavy atom. The molecule has 100 valence electrons. The summed E-state index contributed by atoms with van der Waals surface area (Å²) < 4.78 is 4.95. The second-order valence-corrected chi connectivity index (χ2v) is 4.66. The van der Waals surface area contributed by atoms with Crippen molar-refractivity contribution in [3.63, 3.8) is 0 Å². The van der Waals surface area contributed by atoms with Crippen molar-refractivity contribution in [3.8, 4) is 10.6 Å². The number of aliphatic carboxylic acids is 1. The predicted octanol–water partition coefficient (Wildman–Crippen LogP) is 2.00. The molecule has 7 heteroatoms. The second kappa shape index (κ2) is 6.14. The third kappa shape index (κ3) is 3.65. The summed E-state index contributed by atoms with van der Waals surface area (Å²) >= 11 is 1.35. The number of carboxylic acids is 1. The van der Waals surface area contributed by atoms with Crippen molar-refractivity contribution in [1.82, 2.24) is 10.3 Å². The maximum Gasteiger partial charge on any atom is 0.303 e. The quantitative estimate of drug-likeness (QED) is 0.789. The average molecular weight is 280 g/mol. The van der Waals surface area contributed by atoms with Crippen molar-refractivity contribution in [3.05, 3.63) is 29.7 Å². The highest BCUT2D eigenvalue weighted by Gasteiger charge is 2.12. The molecular weight excluding hydrogens is 268 g/mol. The van der Waals surface area contributed by atoms with Crippen molar-refractivity contribution >= 4 is 23.2 Å². The highest BCUT2D eigenvalue weighted by Crippen LogP contribution is 2.23. The van der Waals surface area contributed by atoms with Crippen molar-refractivity contribution in [2.45, 2.75) is 12.8 Å². The normalized spacial score (nSPS) is 10.3. The second-order valence-electron chi connectivity index (χ2n) is 3.80. The molecule has 2 aromatic heterocycles. The van der Waals surface area contributed by atoms with E-state index in [1.54, 1.807) is 24.0 Å². The molecular formula is C12H12N2O4S. The Hall–Kier alpha value is -2.15. The molecule has 6 nitrogen and oxygen atoms in total. The van der Waals surface area contributed by atoms with E-state index in [-0.39, 0.29) is 12.3 Å². The van der Waals surface area contributed by atoms with Crippen LogP contribution in [0, 0.1) is 0 Å². The van der Waals surface area contributed by atoms with Gasteiger partial charge in [-0.2, -0.15) is 0 Å². The van der Waals surface area contributed by atoms with Crippen LogP contribution in [0.4, 0.5) is 0 Å². The summed E-state index contributed by atoms with van der Waals surface area (Å²) in [7, 11) is 0. The van der Waals surface area contributed by atoms with E-state index in [9.17, 15) is 9.59 Å². The number of hydrogen-bond acceptors (Lipinski definition) is 5. The summed E-state index contributed by atoms with van der Waals surface area (Å²) in [5.74, 6) is -1.17. The number of thiazole rings is 1. The van der Waals surface area contributed by atoms with Crippen LogP contribution in [0.15, 0.2) is 28.4 Å². The Morgan fingerprint density at radius 3 is 3.00 bits per heavy atom. The van der Waals surface area contributed by atoms with Crippen LogP contribution in [0.2, 0.25) is 0 Å². The van der Waals surface area contributed by atoms with Crippen LogP contribution in [0.1, 0.15) is 23.3 Å². The van der Waals surface area contributed by atoms with E-state index in [0.29, 0.717) is 23.7 Å². The predicted molar refractivity (Wildman–Crippen MR) is 69.0 cm³/mol. The minimum Gasteiger partial charge on any atom is -0.481 e. The monoisotopic (exact) mass is 280 g/mol. The number of amides is 1. The summed E-state index contributed by atoms with van der Waals surface area (Å²) in [5.41, 5.74) is 1.16. The topological polar surface area (TPSA) is 92.4 Å². The lowest BCUT2D eigenvalue weighted by Crippen LogP contribution is -2.25. The molecule has 2 heterocycles. The van der Waals surface area contributed by atoms with E-state index < -0.39 is 5.97 Å². The van der Waals surface area contributed by atoms with E-state index in [4.69, 9.17) is 9.52 Å². The van der Waals surface area contributed by atoms with Gasteiger partial charge in [0.2, 0.25) is 0 Å². The Morgan fingerprint density at radius 1 is 1.47 bits per heavy atom. The van der Waals surface area contributed by atoms with Gasteiger partial charge in [0.25, 0.3) is 5.91 Å². The number of aromatic nitrogens is 1. The van der Waals surface area contributed by atoms with Crippen LogP contribution >= 0.6 is 11.3 Å². The largest absolute Gasteiger partial charge is 0.481 e. The number of hydrogen-bond donors (Lipinski definition) is 2. The Balaban J connectivity index is 1.88. The van der Waals surface area contributed by atoms with Gasteiger partial charge < -0.3 is 14.8 Å². The lowest BCUT2D eigenvalue weighted by atomic mass is 10.3. The number of furan rings is 1. The SMILES string of the molecule is O=C(O)CCCNC(=O)c1csc(-c2ccoc2)n1. The standard InChI is InChI=1S/C12H12N2O4S/c15-10(16)2-1-4-13-11(17)9-7-19-12(14-9)8-3-5-18-6-8/h3,5-7H,1-2,4H2,(H,13,17)(H,15,16). The zero-order valence-corrected chi connectivity index (χ0v) is 10.8. The van der Waals surface area contributed by atoms with Crippen LogP contribution in [-0.4, -0.2) is 28.5 Å². The van der Waals surface area contributed by atoms with E-state index in [1.807, 2.05) is 0 Å². The van der Waals surface area contributed by atoms with Gasteiger partial charge in [0.1, 0.15) is 17.0 Å². The first-order valence-corrected chi connectivity index (χ1v) is 6.53. The van der Waals surface area contributed by atoms with Gasteiger partial charge in [0, 0.05) is 23.9 Å². The van der Waals surface area contributed by atoms with E-state index in [2.05, 4.69) is 10.3 Å². The molecule has 0 unspecified atom stereocenters. The lowest BCUT2D eigenvalue weighted by molar-refractivity contribution is -0.137. The molecule has 2 aromatic rings. The Bertz CT molecular complexity index is 562. The van der Waals surface area contributed by atoms with Gasteiger partial charge >= 0.3 is 5.97 Å². The van der Waals surface area contributed by atoms with E-state index in [0.717, 1.165) is 5.56 Å². The molecule has 0 aliphatic carbocycles. The molecule has 2 N–H and O–H groups in total. The highest BCUT2D eigenvalue weighted by atomic mass is 32.1. The highest BCUT2D eigenvalue weighted by molar-refractivity contribution is 7.13. The van der Waals surface area contributed by atoms with E-state index in [1.165, 1.54) is 11.3 Å². The summed E-state index contributed by atoms with van der Waals surface area (Å²) in [5, 5.41) is 13.5. The third-order valence-electron chi connectivity index (χ3n) is 2.36.